The molecule has 6 heteroatoms. The molecule has 0 aromatic heterocycles. The molecule has 1 aliphatic rings. The minimum Gasteiger partial charge on any atom is -0.338 e. The number of rotatable bonds is 5. The number of likely N-dealkylation sites (N-methyl/N-ethyl adjacent to an activating group) is 2. The molecule has 1 aromatic carbocycles. The molecule has 1 fully saturated rings. The third kappa shape index (κ3) is 5.48. The van der Waals surface area contributed by atoms with Crippen molar-refractivity contribution in [2.24, 2.45) is 0 Å². The monoisotopic (exact) mass is 324 g/mol. The zero-order chi connectivity index (χ0) is 15.9. The fourth-order valence-electron chi connectivity index (χ4n) is 2.61. The van der Waals surface area contributed by atoms with Crippen LogP contribution >= 0.6 is 11.6 Å². The minimum atomic E-state index is -0.108. The second-order valence-corrected chi connectivity index (χ2v) is 6.35. The summed E-state index contributed by atoms with van der Waals surface area (Å²) in [7, 11) is 4.22. The van der Waals surface area contributed by atoms with E-state index < -0.39 is 0 Å². The van der Waals surface area contributed by atoms with E-state index in [1.165, 1.54) is 0 Å². The van der Waals surface area contributed by atoms with Gasteiger partial charge in [0.25, 0.3) is 0 Å². The molecule has 2 N–H and O–H groups in total. The summed E-state index contributed by atoms with van der Waals surface area (Å²) in [5.41, 5.74) is 1.13. The van der Waals surface area contributed by atoms with Crippen LogP contribution in [0, 0.1) is 0 Å². The number of carbonyl (C=O) groups is 1. The first-order valence-corrected chi connectivity index (χ1v) is 8.07. The number of piperazine rings is 1. The van der Waals surface area contributed by atoms with E-state index in [4.69, 9.17) is 11.6 Å². The first-order chi connectivity index (χ1) is 10.5. The molecule has 2 amide bonds. The average Bonchev–Trinajstić information content (AvgIpc) is 2.48. The lowest BCUT2D eigenvalue weighted by molar-refractivity contribution is 0.114. The van der Waals surface area contributed by atoms with E-state index in [1.54, 1.807) is 0 Å². The van der Waals surface area contributed by atoms with Crippen LogP contribution < -0.4 is 10.6 Å². The topological polar surface area (TPSA) is 47.6 Å². The minimum absolute atomic E-state index is 0.108. The smallest absolute Gasteiger partial charge is 0.314 e. The lowest BCUT2D eigenvalue weighted by Gasteiger charge is -2.37. The van der Waals surface area contributed by atoms with E-state index in [9.17, 15) is 4.79 Å². The predicted octanol–water partition coefficient (Wildman–Crippen LogP) is 1.43. The van der Waals surface area contributed by atoms with Crippen LogP contribution in [0.1, 0.15) is 5.56 Å². The Labute approximate surface area is 137 Å². The number of nitrogens with one attached hydrogen (secondary N) is 2. The fourth-order valence-corrected chi connectivity index (χ4v) is 2.82. The maximum atomic E-state index is 11.9. The van der Waals surface area contributed by atoms with Gasteiger partial charge in [0.05, 0.1) is 0 Å². The van der Waals surface area contributed by atoms with Crippen LogP contribution in [0.3, 0.4) is 0 Å². The van der Waals surface area contributed by atoms with Crippen LogP contribution in [0.4, 0.5) is 4.79 Å². The Morgan fingerprint density at radius 1 is 1.32 bits per heavy atom. The highest BCUT2D eigenvalue weighted by molar-refractivity contribution is 6.30. The summed E-state index contributed by atoms with van der Waals surface area (Å²) in [6, 6.07) is 7.98. The predicted molar refractivity (Wildman–Crippen MR) is 90.5 cm³/mol. The molecule has 0 bridgehead atoms. The molecule has 2 rings (SSSR count). The molecule has 1 heterocycles. The second kappa shape index (κ2) is 8.36. The summed E-state index contributed by atoms with van der Waals surface area (Å²) in [5, 5.41) is 6.58. The highest BCUT2D eigenvalue weighted by Gasteiger charge is 2.22. The van der Waals surface area contributed by atoms with Gasteiger partial charge >= 0.3 is 6.03 Å². The highest BCUT2D eigenvalue weighted by Crippen LogP contribution is 2.10. The van der Waals surface area contributed by atoms with Gasteiger partial charge in [-0.25, -0.2) is 4.79 Å². The Morgan fingerprint density at radius 3 is 2.91 bits per heavy atom. The summed E-state index contributed by atoms with van der Waals surface area (Å²) in [6.07, 6.45) is 0.778. The number of hydrogen-bond donors (Lipinski definition) is 2. The van der Waals surface area contributed by atoms with Crippen molar-refractivity contribution < 1.29 is 4.79 Å². The summed E-state index contributed by atoms with van der Waals surface area (Å²) in [4.78, 5) is 16.4. The Morgan fingerprint density at radius 2 is 2.14 bits per heavy atom. The van der Waals surface area contributed by atoms with Crippen molar-refractivity contribution in [2.75, 3.05) is 46.8 Å². The van der Waals surface area contributed by atoms with Crippen molar-refractivity contribution in [1.82, 2.24) is 20.4 Å². The Kier molecular flexibility index (Phi) is 6.49. The summed E-state index contributed by atoms with van der Waals surface area (Å²) in [6.45, 7) is 4.38. The first-order valence-electron chi connectivity index (χ1n) is 7.69. The van der Waals surface area contributed by atoms with Gasteiger partial charge in [-0.1, -0.05) is 23.7 Å². The number of urea groups is 1. The standard InChI is InChI=1S/C16H25ClN4O/c1-20-8-9-21(2)15(12-20)11-19-16(22)18-7-6-13-4-3-5-14(17)10-13/h3-5,10,15H,6-9,11-12H2,1-2H3,(H2,18,19,22). The zero-order valence-electron chi connectivity index (χ0n) is 13.3. The number of amides is 2. The fraction of sp³-hybridized carbons (Fsp3) is 0.562. The lowest BCUT2D eigenvalue weighted by atomic mass is 10.1. The van der Waals surface area contributed by atoms with Crippen LogP contribution in [0.25, 0.3) is 0 Å². The summed E-state index contributed by atoms with van der Waals surface area (Å²) < 4.78 is 0. The average molecular weight is 325 g/mol. The van der Waals surface area contributed by atoms with E-state index in [1.807, 2.05) is 24.3 Å². The van der Waals surface area contributed by atoms with Crippen molar-refractivity contribution in [3.05, 3.63) is 34.9 Å². The molecule has 1 aliphatic heterocycles. The number of halogens is 1. The van der Waals surface area contributed by atoms with E-state index in [0.717, 1.165) is 36.6 Å². The maximum absolute atomic E-state index is 11.9. The maximum Gasteiger partial charge on any atom is 0.314 e. The van der Waals surface area contributed by atoms with Crippen LogP contribution in [-0.2, 0) is 6.42 Å². The van der Waals surface area contributed by atoms with Crippen molar-refractivity contribution in [1.29, 1.82) is 0 Å². The third-order valence-electron chi connectivity index (χ3n) is 4.07. The van der Waals surface area contributed by atoms with Gasteiger partial charge in [-0.2, -0.15) is 0 Å². The number of hydrogen-bond acceptors (Lipinski definition) is 3. The van der Waals surface area contributed by atoms with Crippen LogP contribution in [0.15, 0.2) is 24.3 Å². The van der Waals surface area contributed by atoms with Crippen molar-refractivity contribution in [3.63, 3.8) is 0 Å². The van der Waals surface area contributed by atoms with Gasteiger partial charge in [-0.15, -0.1) is 0 Å². The van der Waals surface area contributed by atoms with E-state index in [2.05, 4.69) is 34.5 Å². The third-order valence-corrected chi connectivity index (χ3v) is 4.30. The van der Waals surface area contributed by atoms with E-state index in [-0.39, 0.29) is 6.03 Å². The molecule has 1 aromatic rings. The Hall–Kier alpha value is -1.30. The van der Waals surface area contributed by atoms with Gasteiger partial charge in [0.2, 0.25) is 0 Å². The SMILES string of the molecule is CN1CCN(C)C(CNC(=O)NCCc2cccc(Cl)c2)C1. The molecule has 0 radical (unpaired) electrons. The van der Waals surface area contributed by atoms with Gasteiger partial charge in [0.15, 0.2) is 0 Å². The van der Waals surface area contributed by atoms with Gasteiger partial charge in [0, 0.05) is 43.8 Å². The van der Waals surface area contributed by atoms with E-state index in [0.29, 0.717) is 19.1 Å². The molecular weight excluding hydrogens is 300 g/mol. The van der Waals surface area contributed by atoms with Crippen LogP contribution in [0.2, 0.25) is 5.02 Å². The molecule has 0 saturated carbocycles. The van der Waals surface area contributed by atoms with Crippen molar-refractivity contribution in [2.45, 2.75) is 12.5 Å². The normalized spacial score (nSPS) is 19.9. The second-order valence-electron chi connectivity index (χ2n) is 5.91. The van der Waals surface area contributed by atoms with Gasteiger partial charge in [-0.3, -0.25) is 4.90 Å². The number of nitrogens with zero attached hydrogens (tertiary/aromatic N) is 2. The van der Waals surface area contributed by atoms with Crippen LogP contribution in [0.5, 0.6) is 0 Å². The zero-order valence-corrected chi connectivity index (χ0v) is 14.1. The van der Waals surface area contributed by atoms with Gasteiger partial charge in [-0.05, 0) is 38.2 Å². The number of carbonyl (C=O) groups excluding carboxylic acids is 1. The van der Waals surface area contributed by atoms with E-state index >= 15 is 0 Å². The summed E-state index contributed by atoms with van der Waals surface area (Å²) >= 11 is 5.94. The molecule has 122 valence electrons. The molecule has 1 unspecified atom stereocenters. The Bertz CT molecular complexity index is 497. The summed E-state index contributed by atoms with van der Waals surface area (Å²) in [5.74, 6) is 0. The first kappa shape index (κ1) is 17.1. The highest BCUT2D eigenvalue weighted by atomic mass is 35.5. The molecule has 1 atom stereocenters. The molecular formula is C16H25ClN4O. The molecule has 5 nitrogen and oxygen atoms in total. The molecule has 1 saturated heterocycles. The quantitative estimate of drug-likeness (QED) is 0.861. The molecule has 0 aliphatic carbocycles. The van der Waals surface area contributed by atoms with Crippen molar-refractivity contribution >= 4 is 17.6 Å². The van der Waals surface area contributed by atoms with Gasteiger partial charge < -0.3 is 15.5 Å². The van der Waals surface area contributed by atoms with Gasteiger partial charge in [0.1, 0.15) is 0 Å². The van der Waals surface area contributed by atoms with Crippen LogP contribution in [-0.4, -0.2) is 68.7 Å². The molecule has 0 spiro atoms. The largest absolute Gasteiger partial charge is 0.338 e. The lowest BCUT2D eigenvalue weighted by Crippen LogP contribution is -2.55. The van der Waals surface area contributed by atoms with Crippen molar-refractivity contribution in [3.8, 4) is 0 Å². The number of benzene rings is 1. The Balaban J connectivity index is 1.65. The molecule has 22 heavy (non-hydrogen) atoms.